The summed E-state index contributed by atoms with van der Waals surface area (Å²) in [6.07, 6.45) is 0. The van der Waals surface area contributed by atoms with Gasteiger partial charge in [-0.1, -0.05) is 23.4 Å². The summed E-state index contributed by atoms with van der Waals surface area (Å²) < 4.78 is 2.72. The molecule has 0 atom stereocenters. The molecule has 0 unspecified atom stereocenters. The lowest BCUT2D eigenvalue weighted by atomic mass is 10.3. The first-order chi connectivity index (χ1) is 12.5. The topological polar surface area (TPSA) is 34.9 Å². The largest absolute Gasteiger partial charge is 1.00 e. The Morgan fingerprint density at radius 3 is 2.48 bits per heavy atom. The van der Waals surface area contributed by atoms with E-state index in [1.807, 2.05) is 23.6 Å². The Kier molecular flexibility index (Phi) is 8.18. The van der Waals surface area contributed by atoms with Crippen LogP contribution in [0.1, 0.15) is 13.8 Å². The SMILES string of the molecule is CC[N+](C)(CC)CCSc1nc2sccc2c(=O)n1-c1ccc(Cl)cc1.[I-]. The van der Waals surface area contributed by atoms with E-state index in [1.54, 1.807) is 28.5 Å². The maximum absolute atomic E-state index is 13.0. The average molecular weight is 536 g/mol. The molecule has 0 aliphatic carbocycles. The number of thiophene rings is 1. The van der Waals surface area contributed by atoms with Gasteiger partial charge in [-0.05, 0) is 49.6 Å². The fourth-order valence-electron chi connectivity index (χ4n) is 2.71. The predicted molar refractivity (Wildman–Crippen MR) is 113 cm³/mol. The lowest BCUT2D eigenvalue weighted by Crippen LogP contribution is -3.00. The van der Waals surface area contributed by atoms with Crippen molar-refractivity contribution in [3.63, 3.8) is 0 Å². The third kappa shape index (κ3) is 5.06. The van der Waals surface area contributed by atoms with Crippen LogP contribution < -0.4 is 29.5 Å². The van der Waals surface area contributed by atoms with E-state index in [4.69, 9.17) is 16.6 Å². The van der Waals surface area contributed by atoms with Gasteiger partial charge in [0.15, 0.2) is 5.16 Å². The van der Waals surface area contributed by atoms with Gasteiger partial charge in [0.25, 0.3) is 5.56 Å². The number of quaternary nitrogens is 1. The van der Waals surface area contributed by atoms with Gasteiger partial charge in [-0.3, -0.25) is 9.36 Å². The number of rotatable bonds is 7. The minimum absolute atomic E-state index is 0. The second-order valence-corrected chi connectivity index (χ2v) is 8.87. The Labute approximate surface area is 190 Å². The predicted octanol–water partition coefficient (Wildman–Crippen LogP) is 1.68. The zero-order valence-corrected chi connectivity index (χ0v) is 20.2. The number of benzene rings is 1. The van der Waals surface area contributed by atoms with Gasteiger partial charge in [0.1, 0.15) is 4.83 Å². The van der Waals surface area contributed by atoms with Crippen LogP contribution in [0.15, 0.2) is 45.7 Å². The van der Waals surface area contributed by atoms with Crippen LogP contribution in [0.4, 0.5) is 0 Å². The first kappa shape index (κ1) is 22.7. The molecule has 0 aliphatic rings. The maximum atomic E-state index is 13.0. The van der Waals surface area contributed by atoms with Crippen molar-refractivity contribution in [3.8, 4) is 5.69 Å². The zero-order chi connectivity index (χ0) is 18.7. The summed E-state index contributed by atoms with van der Waals surface area (Å²) in [7, 11) is 2.27. The smallest absolute Gasteiger partial charge is 0.267 e. The van der Waals surface area contributed by atoms with E-state index in [9.17, 15) is 4.79 Å². The summed E-state index contributed by atoms with van der Waals surface area (Å²) in [5.41, 5.74) is 0.773. The second-order valence-electron chi connectivity index (χ2n) is 6.47. The third-order valence-electron chi connectivity index (χ3n) is 4.94. The monoisotopic (exact) mass is 535 g/mol. The number of halogens is 2. The van der Waals surface area contributed by atoms with Crippen molar-refractivity contribution >= 4 is 44.9 Å². The molecular weight excluding hydrogens is 513 g/mol. The second kappa shape index (κ2) is 9.73. The van der Waals surface area contributed by atoms with Crippen molar-refractivity contribution in [1.82, 2.24) is 9.55 Å². The zero-order valence-electron chi connectivity index (χ0n) is 15.6. The van der Waals surface area contributed by atoms with Gasteiger partial charge in [-0.25, -0.2) is 4.98 Å². The quantitative estimate of drug-likeness (QED) is 0.200. The molecule has 8 heteroatoms. The molecular formula is C19H23ClIN3OS2. The van der Waals surface area contributed by atoms with Gasteiger partial charge in [0, 0.05) is 5.02 Å². The maximum Gasteiger partial charge on any atom is 0.267 e. The molecule has 2 aromatic heterocycles. The standard InChI is InChI=1S/C19H23ClN3OS2.HI/c1-4-23(3,5-2)11-13-26-19-21-17-16(10-12-25-17)18(24)22(19)15-8-6-14(20)7-9-15;/h6-10,12H,4-5,11,13H2,1-3H3;1H/q+1;/p-1. The molecule has 3 rings (SSSR count). The summed E-state index contributed by atoms with van der Waals surface area (Å²) in [5, 5.41) is 3.98. The minimum atomic E-state index is -0.0238. The van der Waals surface area contributed by atoms with Crippen molar-refractivity contribution in [3.05, 3.63) is 51.1 Å². The summed E-state index contributed by atoms with van der Waals surface area (Å²) >= 11 is 9.17. The lowest BCUT2D eigenvalue weighted by molar-refractivity contribution is -0.903. The van der Waals surface area contributed by atoms with E-state index in [1.165, 1.54) is 11.3 Å². The number of hydrogen-bond donors (Lipinski definition) is 0. The van der Waals surface area contributed by atoms with Gasteiger partial charge >= 0.3 is 0 Å². The minimum Gasteiger partial charge on any atom is -1.00 e. The Hall–Kier alpha value is -0.610. The molecule has 4 nitrogen and oxygen atoms in total. The summed E-state index contributed by atoms with van der Waals surface area (Å²) in [4.78, 5) is 18.6. The molecule has 0 radical (unpaired) electrons. The fourth-order valence-corrected chi connectivity index (χ4v) is 4.83. The first-order valence-corrected chi connectivity index (χ1v) is 10.9. The highest BCUT2D eigenvalue weighted by molar-refractivity contribution is 7.99. The van der Waals surface area contributed by atoms with Crippen LogP contribution in [0.2, 0.25) is 5.02 Å². The molecule has 2 heterocycles. The van der Waals surface area contributed by atoms with E-state index in [0.29, 0.717) is 10.4 Å². The molecule has 0 fully saturated rings. The number of aromatic nitrogens is 2. The molecule has 0 N–H and O–H groups in total. The molecule has 27 heavy (non-hydrogen) atoms. The molecule has 0 amide bonds. The normalized spacial score (nSPS) is 11.6. The molecule has 0 saturated carbocycles. The van der Waals surface area contributed by atoms with Gasteiger partial charge in [-0.15, -0.1) is 11.3 Å². The van der Waals surface area contributed by atoms with Crippen molar-refractivity contribution in [1.29, 1.82) is 0 Å². The molecule has 0 aliphatic heterocycles. The van der Waals surface area contributed by atoms with E-state index < -0.39 is 0 Å². The number of nitrogens with zero attached hydrogens (tertiary/aromatic N) is 3. The van der Waals surface area contributed by atoms with Crippen LogP contribution in [0.3, 0.4) is 0 Å². The van der Waals surface area contributed by atoms with E-state index in [0.717, 1.165) is 45.5 Å². The molecule has 3 aromatic rings. The van der Waals surface area contributed by atoms with Crippen LogP contribution in [0.25, 0.3) is 15.9 Å². The number of thioether (sulfide) groups is 1. The highest BCUT2D eigenvalue weighted by Crippen LogP contribution is 2.25. The summed E-state index contributed by atoms with van der Waals surface area (Å²) in [5.74, 6) is 0.912. The van der Waals surface area contributed by atoms with Gasteiger partial charge in [-0.2, -0.15) is 0 Å². The highest BCUT2D eigenvalue weighted by Gasteiger charge is 2.18. The molecule has 1 aromatic carbocycles. The molecule has 0 spiro atoms. The van der Waals surface area contributed by atoms with Crippen LogP contribution >= 0.6 is 34.7 Å². The van der Waals surface area contributed by atoms with E-state index in [2.05, 4.69) is 20.9 Å². The van der Waals surface area contributed by atoms with Crippen molar-refractivity contribution in [2.45, 2.75) is 19.0 Å². The van der Waals surface area contributed by atoms with Crippen LogP contribution in [0, 0.1) is 0 Å². The Morgan fingerprint density at radius 2 is 1.85 bits per heavy atom. The van der Waals surface area contributed by atoms with Gasteiger partial charge < -0.3 is 28.5 Å². The van der Waals surface area contributed by atoms with Crippen molar-refractivity contribution < 1.29 is 28.5 Å². The Morgan fingerprint density at radius 1 is 1.19 bits per heavy atom. The third-order valence-corrected chi connectivity index (χ3v) is 6.92. The highest BCUT2D eigenvalue weighted by atomic mass is 127. The van der Waals surface area contributed by atoms with Crippen molar-refractivity contribution in [2.75, 3.05) is 32.4 Å². The molecule has 146 valence electrons. The summed E-state index contributed by atoms with van der Waals surface area (Å²) in [6, 6.07) is 9.19. The van der Waals surface area contributed by atoms with Crippen LogP contribution in [-0.4, -0.2) is 46.5 Å². The molecule has 0 saturated heterocycles. The van der Waals surface area contributed by atoms with Crippen LogP contribution in [-0.2, 0) is 0 Å². The number of hydrogen-bond acceptors (Lipinski definition) is 4. The lowest BCUT2D eigenvalue weighted by Gasteiger charge is -2.31. The Balaban J connectivity index is 0.00000261. The van der Waals surface area contributed by atoms with E-state index >= 15 is 0 Å². The molecule has 0 bridgehead atoms. The average Bonchev–Trinajstić information content (AvgIpc) is 3.12. The van der Waals surface area contributed by atoms with Crippen molar-refractivity contribution in [2.24, 2.45) is 0 Å². The Bertz CT molecular complexity index is 952. The fraction of sp³-hybridized carbons (Fsp3) is 0.368. The van der Waals surface area contributed by atoms with Gasteiger partial charge in [0.05, 0.1) is 43.5 Å². The van der Waals surface area contributed by atoms with Gasteiger partial charge in [0.2, 0.25) is 0 Å². The first-order valence-electron chi connectivity index (χ1n) is 8.70. The van der Waals surface area contributed by atoms with Crippen LogP contribution in [0.5, 0.6) is 0 Å². The van der Waals surface area contributed by atoms with E-state index in [-0.39, 0.29) is 29.5 Å². The number of fused-ring (bicyclic) bond motifs is 1. The summed E-state index contributed by atoms with van der Waals surface area (Å²) in [6.45, 7) is 7.66.